The van der Waals surface area contributed by atoms with Crippen molar-refractivity contribution in [1.82, 2.24) is 24.6 Å². The van der Waals surface area contributed by atoms with Gasteiger partial charge >= 0.3 is 0 Å². The molecular weight excluding hydrogens is 474 g/mol. The summed E-state index contributed by atoms with van der Waals surface area (Å²) >= 11 is 7.24. The first-order valence-electron chi connectivity index (χ1n) is 9.96. The summed E-state index contributed by atoms with van der Waals surface area (Å²) in [6, 6.07) is 3.38. The van der Waals surface area contributed by atoms with Gasteiger partial charge in [-0.15, -0.1) is 5.10 Å². The molecule has 8 nitrogen and oxygen atoms in total. The molecule has 0 aromatic carbocycles. The molecule has 0 saturated heterocycles. The lowest BCUT2D eigenvalue weighted by Gasteiger charge is -2.13. The maximum absolute atomic E-state index is 13.1. The Balaban J connectivity index is 1.42. The molecule has 4 heterocycles. The quantitative estimate of drug-likeness (QED) is 0.389. The highest BCUT2D eigenvalue weighted by Gasteiger charge is 2.46. The summed E-state index contributed by atoms with van der Waals surface area (Å²) in [6.07, 6.45) is 2.68. The average molecular weight is 491 g/mol. The molecule has 1 N–H and O–H groups in total. The lowest BCUT2D eigenvalue weighted by molar-refractivity contribution is 0.102. The van der Waals surface area contributed by atoms with Crippen LogP contribution in [0.15, 0.2) is 30.7 Å². The predicted molar refractivity (Wildman–Crippen MR) is 119 cm³/mol. The molecule has 2 unspecified atom stereocenters. The zero-order valence-electron chi connectivity index (χ0n) is 17.4. The minimum absolute atomic E-state index is 0.236. The van der Waals surface area contributed by atoms with E-state index < -0.39 is 18.3 Å². The standard InChI is InChI=1S/C21H17ClF2N6O2S/c1-9-3-10(12-5-17(22)26-7-16(12)32-2)14(6-25-9)19(31)28-20-29-30-8-15(27-21(30)33-20)11-4-13(11)18(23)24/h3,5-8,11,13,18H,4H2,1-2H3,(H,28,29,31). The Bertz CT molecular complexity index is 1340. The smallest absolute Gasteiger partial charge is 0.259 e. The van der Waals surface area contributed by atoms with E-state index in [1.165, 1.54) is 24.0 Å². The highest BCUT2D eigenvalue weighted by Crippen LogP contribution is 2.50. The van der Waals surface area contributed by atoms with Crippen LogP contribution in [0.4, 0.5) is 13.9 Å². The van der Waals surface area contributed by atoms with Crippen molar-refractivity contribution in [3.8, 4) is 16.9 Å². The second kappa shape index (κ2) is 8.31. The van der Waals surface area contributed by atoms with Crippen LogP contribution in [0.5, 0.6) is 5.75 Å². The third-order valence-corrected chi connectivity index (χ3v) is 6.50. The van der Waals surface area contributed by atoms with Gasteiger partial charge in [-0.3, -0.25) is 15.1 Å². The van der Waals surface area contributed by atoms with Crippen molar-refractivity contribution in [3.05, 3.63) is 52.8 Å². The molecule has 2 atom stereocenters. The van der Waals surface area contributed by atoms with Crippen LogP contribution in [0.2, 0.25) is 5.15 Å². The Labute approximate surface area is 195 Å². The van der Waals surface area contributed by atoms with Crippen LogP contribution >= 0.6 is 22.9 Å². The minimum Gasteiger partial charge on any atom is -0.494 e. The fourth-order valence-corrected chi connectivity index (χ4v) is 4.64. The Morgan fingerprint density at radius 3 is 2.82 bits per heavy atom. The van der Waals surface area contributed by atoms with E-state index in [4.69, 9.17) is 16.3 Å². The average Bonchev–Trinajstić information content (AvgIpc) is 3.37. The lowest BCUT2D eigenvalue weighted by atomic mass is 10.0. The van der Waals surface area contributed by atoms with Crippen molar-refractivity contribution in [2.45, 2.75) is 25.7 Å². The number of nitrogens with one attached hydrogen (secondary N) is 1. The van der Waals surface area contributed by atoms with Gasteiger partial charge in [0, 0.05) is 34.9 Å². The second-order valence-electron chi connectivity index (χ2n) is 7.67. The zero-order valence-corrected chi connectivity index (χ0v) is 19.0. The highest BCUT2D eigenvalue weighted by atomic mass is 35.5. The van der Waals surface area contributed by atoms with Crippen molar-refractivity contribution in [3.63, 3.8) is 0 Å². The molecule has 33 heavy (non-hydrogen) atoms. The molecular formula is C21H17ClF2N6O2S. The molecule has 1 aliphatic carbocycles. The maximum Gasteiger partial charge on any atom is 0.259 e. The monoisotopic (exact) mass is 490 g/mol. The summed E-state index contributed by atoms with van der Waals surface area (Å²) in [7, 11) is 1.51. The number of anilines is 1. The van der Waals surface area contributed by atoms with Crippen molar-refractivity contribution in [2.24, 2.45) is 5.92 Å². The number of halogens is 3. The number of ether oxygens (including phenoxy) is 1. The summed E-state index contributed by atoms with van der Waals surface area (Å²) in [5, 5.41) is 7.67. The van der Waals surface area contributed by atoms with Crippen molar-refractivity contribution >= 4 is 38.9 Å². The van der Waals surface area contributed by atoms with Gasteiger partial charge in [0.05, 0.1) is 30.8 Å². The fourth-order valence-electron chi connectivity index (χ4n) is 3.70. The van der Waals surface area contributed by atoms with Crippen LogP contribution in [-0.4, -0.2) is 44.0 Å². The Morgan fingerprint density at radius 1 is 1.30 bits per heavy atom. The van der Waals surface area contributed by atoms with Crippen LogP contribution in [0.25, 0.3) is 16.1 Å². The number of fused-ring (bicyclic) bond motifs is 1. The Morgan fingerprint density at radius 2 is 2.12 bits per heavy atom. The molecule has 170 valence electrons. The SMILES string of the molecule is COc1cnc(Cl)cc1-c1cc(C)ncc1C(=O)Nc1nn2cc(C3CC3C(F)F)nc2s1. The normalized spacial score (nSPS) is 17.5. The number of carbonyl (C=O) groups excluding carboxylic acids is 1. The molecule has 1 fully saturated rings. The highest BCUT2D eigenvalue weighted by molar-refractivity contribution is 7.20. The largest absolute Gasteiger partial charge is 0.494 e. The molecule has 0 aliphatic heterocycles. The minimum atomic E-state index is -2.34. The van der Waals surface area contributed by atoms with Gasteiger partial charge in [0.1, 0.15) is 10.9 Å². The molecule has 4 aromatic heterocycles. The van der Waals surface area contributed by atoms with E-state index in [9.17, 15) is 13.6 Å². The number of hydrogen-bond donors (Lipinski definition) is 1. The van der Waals surface area contributed by atoms with Gasteiger partial charge in [-0.05, 0) is 25.5 Å². The number of imidazole rings is 1. The van der Waals surface area contributed by atoms with Crippen molar-refractivity contribution in [2.75, 3.05) is 12.4 Å². The van der Waals surface area contributed by atoms with E-state index in [-0.39, 0.29) is 11.1 Å². The molecule has 12 heteroatoms. The third-order valence-electron chi connectivity index (χ3n) is 5.46. The summed E-state index contributed by atoms with van der Waals surface area (Å²) in [6.45, 7) is 1.81. The molecule has 1 saturated carbocycles. The van der Waals surface area contributed by atoms with Gasteiger partial charge in [-0.2, -0.15) is 0 Å². The molecule has 0 spiro atoms. The molecule has 5 rings (SSSR count). The Hall–Kier alpha value is -3.18. The zero-order chi connectivity index (χ0) is 23.3. The number of alkyl halides is 2. The maximum atomic E-state index is 13.1. The predicted octanol–water partition coefficient (Wildman–Crippen LogP) is 4.84. The number of pyridine rings is 2. The molecule has 0 bridgehead atoms. The van der Waals surface area contributed by atoms with E-state index in [0.29, 0.717) is 50.3 Å². The molecule has 1 amide bonds. The van der Waals surface area contributed by atoms with E-state index >= 15 is 0 Å². The fraction of sp³-hybridized carbons (Fsp3) is 0.286. The Kier molecular flexibility index (Phi) is 5.45. The second-order valence-corrected chi connectivity index (χ2v) is 9.02. The first-order chi connectivity index (χ1) is 15.8. The number of rotatable bonds is 6. The molecule has 4 aromatic rings. The van der Waals surface area contributed by atoms with Gasteiger partial charge in [0.2, 0.25) is 16.5 Å². The third kappa shape index (κ3) is 4.13. The number of carbonyl (C=O) groups is 1. The number of methoxy groups -OCH3 is 1. The summed E-state index contributed by atoms with van der Waals surface area (Å²) in [5.74, 6) is -0.841. The van der Waals surface area contributed by atoms with Crippen LogP contribution in [0.3, 0.4) is 0 Å². The van der Waals surface area contributed by atoms with Gasteiger partial charge in [0.25, 0.3) is 5.91 Å². The number of amides is 1. The van der Waals surface area contributed by atoms with Crippen molar-refractivity contribution < 1.29 is 18.3 Å². The number of nitrogens with zero attached hydrogens (tertiary/aromatic N) is 5. The van der Waals surface area contributed by atoms with Crippen LogP contribution in [0.1, 0.15) is 34.1 Å². The molecule has 0 radical (unpaired) electrons. The lowest BCUT2D eigenvalue weighted by Crippen LogP contribution is -2.14. The number of aromatic nitrogens is 5. The topological polar surface area (TPSA) is 94.3 Å². The van der Waals surface area contributed by atoms with Crippen molar-refractivity contribution in [1.29, 1.82) is 0 Å². The van der Waals surface area contributed by atoms with Crippen LogP contribution in [-0.2, 0) is 0 Å². The first kappa shape index (κ1) is 21.7. The number of aryl methyl sites for hydroxylation is 1. The van der Waals surface area contributed by atoms with Crippen LogP contribution in [0, 0.1) is 12.8 Å². The van der Waals surface area contributed by atoms with Gasteiger partial charge in [0.15, 0.2) is 0 Å². The van der Waals surface area contributed by atoms with E-state index in [0.717, 1.165) is 11.3 Å². The number of hydrogen-bond acceptors (Lipinski definition) is 7. The van der Waals surface area contributed by atoms with Crippen LogP contribution < -0.4 is 10.1 Å². The van der Waals surface area contributed by atoms with E-state index in [1.807, 2.05) is 6.92 Å². The summed E-state index contributed by atoms with van der Waals surface area (Å²) < 4.78 is 32.6. The van der Waals surface area contributed by atoms with E-state index in [1.54, 1.807) is 18.3 Å². The van der Waals surface area contributed by atoms with Gasteiger partial charge < -0.3 is 4.74 Å². The summed E-state index contributed by atoms with van der Waals surface area (Å²) in [5.41, 5.74) is 2.79. The summed E-state index contributed by atoms with van der Waals surface area (Å²) in [4.78, 5) is 26.3. The molecule has 1 aliphatic rings. The van der Waals surface area contributed by atoms with Gasteiger partial charge in [-0.25, -0.2) is 23.3 Å². The first-order valence-corrected chi connectivity index (χ1v) is 11.2. The van der Waals surface area contributed by atoms with Gasteiger partial charge in [-0.1, -0.05) is 22.9 Å². The van der Waals surface area contributed by atoms with E-state index in [2.05, 4.69) is 25.4 Å².